The Morgan fingerprint density at radius 2 is 1.91 bits per heavy atom. The van der Waals surface area contributed by atoms with Crippen LogP contribution in [-0.4, -0.2) is 37.5 Å². The summed E-state index contributed by atoms with van der Waals surface area (Å²) in [6.07, 6.45) is 10.4. The molecule has 0 atom stereocenters. The number of nitrogens with one attached hydrogen (secondary N) is 1. The van der Waals surface area contributed by atoms with Crippen molar-refractivity contribution >= 4 is 11.5 Å². The Hall–Kier alpha value is -2.48. The third-order valence-electron chi connectivity index (χ3n) is 3.74. The van der Waals surface area contributed by atoms with E-state index in [0.717, 1.165) is 17.3 Å². The number of piperidine rings is 1. The highest BCUT2D eigenvalue weighted by molar-refractivity contribution is 5.76. The predicted octanol–water partition coefficient (Wildman–Crippen LogP) is 1.61. The number of hydrogen-bond donors (Lipinski definition) is 2. The number of halogens is 1. The van der Waals surface area contributed by atoms with Crippen LogP contribution < -0.4 is 11.1 Å². The van der Waals surface area contributed by atoms with Crippen molar-refractivity contribution < 1.29 is 4.39 Å². The quantitative estimate of drug-likeness (QED) is 0.712. The Morgan fingerprint density at radius 1 is 1.13 bits per heavy atom. The highest BCUT2D eigenvalue weighted by Crippen LogP contribution is 2.24. The maximum atomic E-state index is 13.2. The van der Waals surface area contributed by atoms with Crippen molar-refractivity contribution in [2.24, 2.45) is 7.05 Å². The molecule has 0 unspecified atom stereocenters. The van der Waals surface area contributed by atoms with Crippen LogP contribution in [0.4, 0.5) is 10.2 Å². The van der Waals surface area contributed by atoms with Gasteiger partial charge in [-0.05, 0) is 25.9 Å². The zero-order valence-electron chi connectivity index (χ0n) is 13.0. The van der Waals surface area contributed by atoms with Gasteiger partial charge < -0.3 is 11.1 Å². The van der Waals surface area contributed by atoms with E-state index >= 15 is 0 Å². The van der Waals surface area contributed by atoms with E-state index in [4.69, 9.17) is 5.73 Å². The van der Waals surface area contributed by atoms with Crippen molar-refractivity contribution in [3.63, 3.8) is 0 Å². The molecule has 0 aromatic carbocycles. The van der Waals surface area contributed by atoms with E-state index in [1.165, 1.54) is 36.9 Å². The normalized spacial score (nSPS) is 14.5. The van der Waals surface area contributed by atoms with Gasteiger partial charge in [0.05, 0.1) is 18.6 Å². The Bertz CT molecular complexity index is 777. The number of anilines is 1. The first kappa shape index (κ1) is 15.4. The molecule has 3 aromatic rings. The van der Waals surface area contributed by atoms with Crippen molar-refractivity contribution in [1.29, 1.82) is 0 Å². The van der Waals surface area contributed by atoms with Crippen LogP contribution >= 0.6 is 0 Å². The first-order chi connectivity index (χ1) is 11.2. The van der Waals surface area contributed by atoms with E-state index in [-0.39, 0.29) is 5.82 Å². The number of aromatic nitrogens is 5. The SMILES string of the molecule is C1CCNCC1.Cn1cc(-c2cnn3c(N)c(F)cnc23)cn1. The molecule has 23 heavy (non-hydrogen) atoms. The first-order valence-corrected chi connectivity index (χ1v) is 7.64. The lowest BCUT2D eigenvalue weighted by Crippen LogP contribution is -2.21. The van der Waals surface area contributed by atoms with Crippen molar-refractivity contribution in [3.8, 4) is 11.1 Å². The fourth-order valence-electron chi connectivity index (χ4n) is 2.49. The van der Waals surface area contributed by atoms with Crippen LogP contribution in [-0.2, 0) is 7.05 Å². The molecule has 0 radical (unpaired) electrons. The summed E-state index contributed by atoms with van der Waals surface area (Å²) < 4.78 is 16.1. The molecule has 1 fully saturated rings. The summed E-state index contributed by atoms with van der Waals surface area (Å²) in [4.78, 5) is 4.00. The number of nitrogen functional groups attached to an aromatic ring is 1. The van der Waals surface area contributed by atoms with E-state index in [1.807, 2.05) is 13.2 Å². The van der Waals surface area contributed by atoms with Crippen LogP contribution in [0.25, 0.3) is 16.8 Å². The van der Waals surface area contributed by atoms with Gasteiger partial charge in [0.15, 0.2) is 17.3 Å². The minimum atomic E-state index is -0.585. The molecule has 3 aromatic heterocycles. The second-order valence-electron chi connectivity index (χ2n) is 5.50. The van der Waals surface area contributed by atoms with Crippen LogP contribution in [0.2, 0.25) is 0 Å². The average molecular weight is 317 g/mol. The van der Waals surface area contributed by atoms with Gasteiger partial charge in [-0.15, -0.1) is 0 Å². The standard InChI is InChI=1S/C10H9FN6.C5H11N/c1-16-5-6(2-14-16)7-3-15-17-9(12)8(11)4-13-10(7)17;1-2-4-6-5-3-1/h2-5H,12H2,1H3;6H,1-5H2. The van der Waals surface area contributed by atoms with Gasteiger partial charge in [-0.3, -0.25) is 4.68 Å². The third-order valence-corrected chi connectivity index (χ3v) is 3.74. The summed E-state index contributed by atoms with van der Waals surface area (Å²) in [5, 5.41) is 11.4. The van der Waals surface area contributed by atoms with Crippen LogP contribution in [0.15, 0.2) is 24.8 Å². The molecule has 0 aliphatic carbocycles. The second kappa shape index (κ2) is 6.74. The molecule has 3 N–H and O–H groups in total. The molecule has 1 aliphatic rings. The smallest absolute Gasteiger partial charge is 0.183 e. The molecule has 1 aliphatic heterocycles. The molecular weight excluding hydrogens is 297 g/mol. The molecule has 0 saturated carbocycles. The minimum absolute atomic E-state index is 0.0508. The maximum absolute atomic E-state index is 13.2. The highest BCUT2D eigenvalue weighted by Gasteiger charge is 2.13. The molecule has 0 amide bonds. The van der Waals surface area contributed by atoms with Gasteiger partial charge in [0, 0.05) is 24.4 Å². The lowest BCUT2D eigenvalue weighted by atomic mass is 10.2. The van der Waals surface area contributed by atoms with Gasteiger partial charge in [0.25, 0.3) is 0 Å². The summed E-state index contributed by atoms with van der Waals surface area (Å²) in [6.45, 7) is 2.50. The van der Waals surface area contributed by atoms with Gasteiger partial charge in [-0.1, -0.05) is 6.42 Å². The second-order valence-corrected chi connectivity index (χ2v) is 5.50. The topological polar surface area (TPSA) is 86.1 Å². The molecule has 122 valence electrons. The van der Waals surface area contributed by atoms with Crippen molar-refractivity contribution in [2.75, 3.05) is 18.8 Å². The number of aryl methyl sites for hydroxylation is 1. The summed E-state index contributed by atoms with van der Waals surface area (Å²) in [5.41, 5.74) is 7.72. The third kappa shape index (κ3) is 3.31. The highest BCUT2D eigenvalue weighted by atomic mass is 19.1. The maximum Gasteiger partial charge on any atom is 0.183 e. The largest absolute Gasteiger partial charge is 0.381 e. The summed E-state index contributed by atoms with van der Waals surface area (Å²) >= 11 is 0. The fraction of sp³-hybridized carbons (Fsp3) is 0.400. The van der Waals surface area contributed by atoms with Gasteiger partial charge in [0.1, 0.15) is 0 Å². The molecule has 0 bridgehead atoms. The monoisotopic (exact) mass is 317 g/mol. The number of nitrogens with zero attached hydrogens (tertiary/aromatic N) is 5. The van der Waals surface area contributed by atoms with Crippen molar-refractivity contribution in [2.45, 2.75) is 19.3 Å². The number of nitrogens with two attached hydrogens (primary N) is 1. The van der Waals surface area contributed by atoms with E-state index in [2.05, 4.69) is 20.5 Å². The fourth-order valence-corrected chi connectivity index (χ4v) is 2.49. The van der Waals surface area contributed by atoms with E-state index < -0.39 is 5.82 Å². The van der Waals surface area contributed by atoms with Gasteiger partial charge in [0.2, 0.25) is 0 Å². The Labute approximate surface area is 133 Å². The zero-order valence-corrected chi connectivity index (χ0v) is 13.0. The van der Waals surface area contributed by atoms with E-state index in [0.29, 0.717) is 5.65 Å². The molecule has 8 heteroatoms. The van der Waals surface area contributed by atoms with Crippen LogP contribution in [0.1, 0.15) is 19.3 Å². The van der Waals surface area contributed by atoms with Crippen LogP contribution in [0.3, 0.4) is 0 Å². The minimum Gasteiger partial charge on any atom is -0.381 e. The average Bonchev–Trinajstić information content (AvgIpc) is 3.19. The Balaban J connectivity index is 0.000000220. The molecular formula is C15H20FN7. The van der Waals surface area contributed by atoms with E-state index in [1.54, 1.807) is 17.1 Å². The molecule has 7 nitrogen and oxygen atoms in total. The zero-order chi connectivity index (χ0) is 16.2. The number of hydrogen-bond acceptors (Lipinski definition) is 5. The number of fused-ring (bicyclic) bond motifs is 1. The van der Waals surface area contributed by atoms with Crippen LogP contribution in [0.5, 0.6) is 0 Å². The van der Waals surface area contributed by atoms with Crippen molar-refractivity contribution in [3.05, 3.63) is 30.6 Å². The summed E-state index contributed by atoms with van der Waals surface area (Å²) in [6, 6.07) is 0. The Morgan fingerprint density at radius 3 is 2.48 bits per heavy atom. The predicted molar refractivity (Wildman–Crippen MR) is 86.3 cm³/mol. The van der Waals surface area contributed by atoms with Gasteiger partial charge >= 0.3 is 0 Å². The van der Waals surface area contributed by atoms with Gasteiger partial charge in [-0.2, -0.15) is 14.7 Å². The molecule has 4 rings (SSSR count). The summed E-state index contributed by atoms with van der Waals surface area (Å²) in [5.74, 6) is -0.636. The molecule has 1 saturated heterocycles. The van der Waals surface area contributed by atoms with E-state index in [9.17, 15) is 4.39 Å². The van der Waals surface area contributed by atoms with Gasteiger partial charge in [-0.25, -0.2) is 9.37 Å². The first-order valence-electron chi connectivity index (χ1n) is 7.64. The lowest BCUT2D eigenvalue weighted by molar-refractivity contribution is 0.520. The Kier molecular flexibility index (Phi) is 4.52. The molecule has 4 heterocycles. The lowest BCUT2D eigenvalue weighted by Gasteiger charge is -2.08. The number of rotatable bonds is 1. The van der Waals surface area contributed by atoms with Crippen molar-refractivity contribution in [1.82, 2.24) is 29.7 Å². The van der Waals surface area contributed by atoms with Crippen LogP contribution in [0, 0.1) is 5.82 Å². The molecule has 0 spiro atoms. The summed E-state index contributed by atoms with van der Waals surface area (Å²) in [7, 11) is 1.82.